The average molecular weight is 331 g/mol. The Morgan fingerprint density at radius 3 is 2.42 bits per heavy atom. The Bertz CT molecular complexity index is 742. The molecular weight excluding hydrogens is 310 g/mol. The van der Waals surface area contributed by atoms with E-state index in [1.165, 1.54) is 10.7 Å². The van der Waals surface area contributed by atoms with Crippen LogP contribution in [0, 0.1) is 6.92 Å². The molecule has 0 fully saturated rings. The van der Waals surface area contributed by atoms with Crippen molar-refractivity contribution in [2.75, 3.05) is 0 Å². The highest BCUT2D eigenvalue weighted by atomic mass is 16.6. The number of hydrogen-bond acceptors (Lipinski definition) is 4. The van der Waals surface area contributed by atoms with Gasteiger partial charge in [0.2, 0.25) is 0 Å². The number of aromatic carboxylic acids is 1. The Balaban J connectivity index is 2.06. The molecule has 0 radical (unpaired) electrons. The molecule has 1 aromatic carbocycles. The predicted molar refractivity (Wildman–Crippen MR) is 88.3 cm³/mol. The van der Waals surface area contributed by atoms with Crippen molar-refractivity contribution in [3.8, 4) is 5.69 Å². The quantitative estimate of drug-likeness (QED) is 0.898. The van der Waals surface area contributed by atoms with Gasteiger partial charge in [-0.1, -0.05) is 12.1 Å². The largest absolute Gasteiger partial charge is 0.477 e. The maximum Gasteiger partial charge on any atom is 0.407 e. The number of aromatic nitrogens is 2. The number of carboxylic acids is 1. The number of carboxylic acid groups (broad SMARTS) is 1. The lowest BCUT2D eigenvalue weighted by atomic mass is 10.2. The summed E-state index contributed by atoms with van der Waals surface area (Å²) < 4.78 is 6.55. The van der Waals surface area contributed by atoms with Crippen molar-refractivity contribution in [1.82, 2.24) is 15.1 Å². The molecule has 0 aliphatic carbocycles. The fraction of sp³-hybridized carbons (Fsp3) is 0.353. The summed E-state index contributed by atoms with van der Waals surface area (Å²) in [5.41, 5.74) is 1.70. The molecule has 7 heteroatoms. The third-order valence-electron chi connectivity index (χ3n) is 3.07. The van der Waals surface area contributed by atoms with Crippen molar-refractivity contribution in [2.24, 2.45) is 0 Å². The Morgan fingerprint density at radius 1 is 1.25 bits per heavy atom. The standard InChI is InChI=1S/C17H21N3O4/c1-11-9-14(15(21)22)20(19-11)13-7-5-12(6-8-13)10-18-16(23)24-17(2,3)4/h5-9H,10H2,1-4H3,(H,18,23)(H,21,22). The van der Waals surface area contributed by atoms with E-state index in [0.29, 0.717) is 17.9 Å². The molecule has 0 saturated carbocycles. The minimum Gasteiger partial charge on any atom is -0.477 e. The van der Waals surface area contributed by atoms with E-state index in [9.17, 15) is 14.7 Å². The predicted octanol–water partition coefficient (Wildman–Crippen LogP) is 2.90. The molecule has 1 aromatic heterocycles. The molecule has 0 unspecified atom stereocenters. The van der Waals surface area contributed by atoms with Gasteiger partial charge in [0.25, 0.3) is 0 Å². The maximum atomic E-state index is 11.6. The molecule has 0 aliphatic rings. The number of benzene rings is 1. The van der Waals surface area contributed by atoms with Crippen LogP contribution >= 0.6 is 0 Å². The third-order valence-corrected chi connectivity index (χ3v) is 3.07. The number of nitrogens with one attached hydrogen (secondary N) is 1. The molecule has 128 valence electrons. The fourth-order valence-corrected chi connectivity index (χ4v) is 2.09. The van der Waals surface area contributed by atoms with Gasteiger partial charge in [0.05, 0.1) is 11.4 Å². The van der Waals surface area contributed by atoms with Gasteiger partial charge in [0.15, 0.2) is 5.69 Å². The molecule has 1 heterocycles. The molecule has 0 saturated heterocycles. The Labute approximate surface area is 140 Å². The van der Waals surface area contributed by atoms with Crippen molar-refractivity contribution in [2.45, 2.75) is 39.8 Å². The summed E-state index contributed by atoms with van der Waals surface area (Å²) in [6.07, 6.45) is -0.484. The lowest BCUT2D eigenvalue weighted by molar-refractivity contribution is 0.0523. The van der Waals surface area contributed by atoms with Crippen LogP contribution < -0.4 is 5.32 Å². The van der Waals surface area contributed by atoms with Crippen LogP contribution in [0.1, 0.15) is 42.5 Å². The van der Waals surface area contributed by atoms with Gasteiger partial charge in [0, 0.05) is 6.54 Å². The summed E-state index contributed by atoms with van der Waals surface area (Å²) in [7, 11) is 0. The number of aryl methyl sites for hydroxylation is 1. The van der Waals surface area contributed by atoms with Crippen LogP contribution in [0.25, 0.3) is 5.69 Å². The minimum absolute atomic E-state index is 0.104. The normalized spacial score (nSPS) is 11.2. The van der Waals surface area contributed by atoms with E-state index in [1.807, 2.05) is 0 Å². The second-order valence-corrected chi connectivity index (χ2v) is 6.41. The lowest BCUT2D eigenvalue weighted by Crippen LogP contribution is -2.32. The van der Waals surface area contributed by atoms with Gasteiger partial charge in [-0.25, -0.2) is 14.3 Å². The van der Waals surface area contributed by atoms with Crippen LogP contribution in [0.15, 0.2) is 30.3 Å². The number of rotatable bonds is 4. The molecule has 2 aromatic rings. The first-order valence-electron chi connectivity index (χ1n) is 7.52. The average Bonchev–Trinajstić information content (AvgIpc) is 2.86. The monoisotopic (exact) mass is 331 g/mol. The van der Waals surface area contributed by atoms with Crippen LogP contribution in [-0.2, 0) is 11.3 Å². The number of amides is 1. The first-order valence-corrected chi connectivity index (χ1v) is 7.52. The molecule has 24 heavy (non-hydrogen) atoms. The first-order chi connectivity index (χ1) is 11.2. The molecular formula is C17H21N3O4. The van der Waals surface area contributed by atoms with E-state index in [1.54, 1.807) is 52.0 Å². The second-order valence-electron chi connectivity index (χ2n) is 6.41. The van der Waals surface area contributed by atoms with E-state index in [2.05, 4.69) is 10.4 Å². The van der Waals surface area contributed by atoms with Gasteiger partial charge in [-0.2, -0.15) is 5.10 Å². The molecule has 0 spiro atoms. The van der Waals surface area contributed by atoms with E-state index in [4.69, 9.17) is 4.74 Å². The summed E-state index contributed by atoms with van der Waals surface area (Å²) >= 11 is 0. The van der Waals surface area contributed by atoms with E-state index < -0.39 is 17.7 Å². The maximum absolute atomic E-state index is 11.6. The number of hydrogen-bond donors (Lipinski definition) is 2. The summed E-state index contributed by atoms with van der Waals surface area (Å²) in [5, 5.41) is 16.1. The van der Waals surface area contributed by atoms with Crippen LogP contribution in [-0.4, -0.2) is 32.6 Å². The highest BCUT2D eigenvalue weighted by Gasteiger charge is 2.16. The van der Waals surface area contributed by atoms with Crippen molar-refractivity contribution in [3.05, 3.63) is 47.3 Å². The summed E-state index contributed by atoms with van der Waals surface area (Å²) in [4.78, 5) is 22.9. The van der Waals surface area contributed by atoms with Crippen LogP contribution in [0.4, 0.5) is 4.79 Å². The molecule has 2 rings (SSSR count). The Morgan fingerprint density at radius 2 is 1.88 bits per heavy atom. The summed E-state index contributed by atoms with van der Waals surface area (Å²) in [6.45, 7) is 7.45. The Kier molecular flexibility index (Phi) is 4.92. The number of alkyl carbamates (subject to hydrolysis) is 1. The smallest absolute Gasteiger partial charge is 0.407 e. The van der Waals surface area contributed by atoms with Gasteiger partial charge in [0.1, 0.15) is 5.60 Å². The van der Waals surface area contributed by atoms with E-state index >= 15 is 0 Å². The van der Waals surface area contributed by atoms with Crippen molar-refractivity contribution >= 4 is 12.1 Å². The minimum atomic E-state index is -1.04. The zero-order valence-corrected chi connectivity index (χ0v) is 14.2. The van der Waals surface area contributed by atoms with Crippen molar-refractivity contribution in [3.63, 3.8) is 0 Å². The zero-order valence-electron chi connectivity index (χ0n) is 14.2. The number of carbonyl (C=O) groups is 2. The summed E-state index contributed by atoms with van der Waals surface area (Å²) in [5.74, 6) is -1.04. The molecule has 7 nitrogen and oxygen atoms in total. The highest BCUT2D eigenvalue weighted by Crippen LogP contribution is 2.14. The topological polar surface area (TPSA) is 93.5 Å². The van der Waals surface area contributed by atoms with Gasteiger partial charge in [-0.3, -0.25) is 0 Å². The summed E-state index contributed by atoms with van der Waals surface area (Å²) in [6, 6.07) is 8.63. The zero-order chi connectivity index (χ0) is 17.9. The molecule has 0 atom stereocenters. The Hall–Kier alpha value is -2.83. The van der Waals surface area contributed by atoms with Crippen molar-refractivity contribution in [1.29, 1.82) is 0 Å². The molecule has 0 bridgehead atoms. The number of nitrogens with zero attached hydrogens (tertiary/aromatic N) is 2. The van der Waals surface area contributed by atoms with Crippen LogP contribution in [0.2, 0.25) is 0 Å². The van der Waals surface area contributed by atoms with Crippen LogP contribution in [0.5, 0.6) is 0 Å². The fourth-order valence-electron chi connectivity index (χ4n) is 2.09. The highest BCUT2D eigenvalue weighted by molar-refractivity contribution is 5.86. The molecule has 2 N–H and O–H groups in total. The first kappa shape index (κ1) is 17.5. The lowest BCUT2D eigenvalue weighted by Gasteiger charge is -2.19. The van der Waals surface area contributed by atoms with E-state index in [-0.39, 0.29) is 5.69 Å². The third kappa shape index (κ3) is 4.58. The van der Waals surface area contributed by atoms with Crippen molar-refractivity contribution < 1.29 is 19.4 Å². The van der Waals surface area contributed by atoms with Gasteiger partial charge in [-0.15, -0.1) is 0 Å². The molecule has 0 aliphatic heterocycles. The van der Waals surface area contributed by atoms with Gasteiger partial charge >= 0.3 is 12.1 Å². The van der Waals surface area contributed by atoms with E-state index in [0.717, 1.165) is 5.56 Å². The number of carbonyl (C=O) groups excluding carboxylic acids is 1. The molecule has 1 amide bonds. The van der Waals surface area contributed by atoms with Crippen LogP contribution in [0.3, 0.4) is 0 Å². The van der Waals surface area contributed by atoms with Gasteiger partial charge < -0.3 is 15.2 Å². The van der Waals surface area contributed by atoms with Gasteiger partial charge in [-0.05, 0) is 51.5 Å². The SMILES string of the molecule is Cc1cc(C(=O)O)n(-c2ccc(CNC(=O)OC(C)(C)C)cc2)n1. The number of ether oxygens (including phenoxy) is 1. The second kappa shape index (κ2) is 6.74.